The Hall–Kier alpha value is -1.57. The molecule has 0 heterocycles. The van der Waals surface area contributed by atoms with Crippen LogP contribution in [0.1, 0.15) is 60.0 Å². The molecular formula is C16H20O2. The van der Waals surface area contributed by atoms with Gasteiger partial charge in [0.05, 0.1) is 12.7 Å². The molecule has 2 nitrogen and oxygen atoms in total. The highest BCUT2D eigenvalue weighted by Crippen LogP contribution is 2.39. The third kappa shape index (κ3) is 2.47. The molecule has 1 aliphatic rings. The van der Waals surface area contributed by atoms with E-state index in [0.29, 0.717) is 11.5 Å². The summed E-state index contributed by atoms with van der Waals surface area (Å²) in [6.07, 6.45) is 8.91. The monoisotopic (exact) mass is 244 g/mol. The summed E-state index contributed by atoms with van der Waals surface area (Å²) in [6.45, 7) is 2.10. The van der Waals surface area contributed by atoms with Gasteiger partial charge in [0.15, 0.2) is 0 Å². The fourth-order valence-corrected chi connectivity index (χ4v) is 2.37. The molecule has 1 fully saturated rings. The molecule has 0 aromatic heterocycles. The zero-order valence-electron chi connectivity index (χ0n) is 11.1. The quantitative estimate of drug-likeness (QED) is 0.743. The van der Waals surface area contributed by atoms with Gasteiger partial charge in [-0.2, -0.15) is 0 Å². The largest absolute Gasteiger partial charge is 0.465 e. The molecule has 0 spiro atoms. The van der Waals surface area contributed by atoms with Crippen LogP contribution in [0.15, 0.2) is 24.3 Å². The minimum Gasteiger partial charge on any atom is -0.465 e. The van der Waals surface area contributed by atoms with Crippen LogP contribution in [0.5, 0.6) is 0 Å². The molecule has 0 saturated heterocycles. The third-order valence-electron chi connectivity index (χ3n) is 3.61. The predicted molar refractivity (Wildman–Crippen MR) is 73.7 cm³/mol. The molecule has 0 radical (unpaired) electrons. The zero-order valence-corrected chi connectivity index (χ0v) is 11.1. The van der Waals surface area contributed by atoms with Crippen molar-refractivity contribution in [3.63, 3.8) is 0 Å². The summed E-state index contributed by atoms with van der Waals surface area (Å²) in [5.41, 5.74) is 3.04. The van der Waals surface area contributed by atoms with E-state index >= 15 is 0 Å². The number of benzene rings is 1. The Labute approximate surface area is 109 Å². The van der Waals surface area contributed by atoms with Gasteiger partial charge in [-0.25, -0.2) is 4.79 Å². The highest BCUT2D eigenvalue weighted by molar-refractivity contribution is 5.94. The lowest BCUT2D eigenvalue weighted by atomic mass is 9.77. The van der Waals surface area contributed by atoms with Gasteiger partial charge in [-0.1, -0.05) is 37.6 Å². The van der Waals surface area contributed by atoms with Crippen LogP contribution in [0.2, 0.25) is 0 Å². The van der Waals surface area contributed by atoms with E-state index in [1.807, 2.05) is 12.1 Å². The summed E-state index contributed by atoms with van der Waals surface area (Å²) in [7, 11) is 1.44. The van der Waals surface area contributed by atoms with Crippen molar-refractivity contribution in [1.82, 2.24) is 0 Å². The van der Waals surface area contributed by atoms with Crippen molar-refractivity contribution in [2.24, 2.45) is 0 Å². The first-order chi connectivity index (χ1) is 8.77. The highest BCUT2D eigenvalue weighted by Gasteiger charge is 2.24. The number of allylic oxidation sites excluding steroid dienone is 1. The predicted octanol–water partition coefficient (Wildman–Crippen LogP) is 4.16. The van der Waals surface area contributed by atoms with Gasteiger partial charge < -0.3 is 4.74 Å². The topological polar surface area (TPSA) is 26.3 Å². The zero-order chi connectivity index (χ0) is 13.0. The Kier molecular flexibility index (Phi) is 4.19. The first kappa shape index (κ1) is 12.9. The second-order valence-corrected chi connectivity index (χ2v) is 4.74. The summed E-state index contributed by atoms with van der Waals surface area (Å²) in [5, 5.41) is 0. The van der Waals surface area contributed by atoms with E-state index in [0.717, 1.165) is 12.0 Å². The molecule has 0 N–H and O–H groups in total. The molecule has 0 atom stereocenters. The molecule has 1 aromatic rings. The average molecular weight is 244 g/mol. The molecule has 0 amide bonds. The lowest BCUT2D eigenvalue weighted by Crippen LogP contribution is -2.13. The van der Waals surface area contributed by atoms with Gasteiger partial charge in [0.1, 0.15) is 0 Å². The van der Waals surface area contributed by atoms with E-state index in [2.05, 4.69) is 25.1 Å². The lowest BCUT2D eigenvalue weighted by molar-refractivity contribution is 0.0600. The van der Waals surface area contributed by atoms with Gasteiger partial charge >= 0.3 is 5.97 Å². The molecule has 2 rings (SSSR count). The Balaban J connectivity index is 2.44. The lowest BCUT2D eigenvalue weighted by Gasteiger charge is -2.28. The van der Waals surface area contributed by atoms with Crippen molar-refractivity contribution in [1.29, 1.82) is 0 Å². The van der Waals surface area contributed by atoms with Gasteiger partial charge in [-0.3, -0.25) is 0 Å². The normalized spacial score (nSPS) is 15.7. The van der Waals surface area contributed by atoms with Crippen LogP contribution in [-0.4, -0.2) is 13.1 Å². The second kappa shape index (κ2) is 5.85. The van der Waals surface area contributed by atoms with Crippen LogP contribution in [0, 0.1) is 0 Å². The Morgan fingerprint density at radius 2 is 2.22 bits per heavy atom. The minimum absolute atomic E-state index is 0.244. The number of carbonyl (C=O) groups is 1. The van der Waals surface area contributed by atoms with Crippen LogP contribution < -0.4 is 0 Å². The van der Waals surface area contributed by atoms with Crippen molar-refractivity contribution in [3.8, 4) is 0 Å². The molecule has 0 unspecified atom stereocenters. The Morgan fingerprint density at radius 3 is 2.78 bits per heavy atom. The highest BCUT2D eigenvalue weighted by atomic mass is 16.5. The maximum absolute atomic E-state index is 11.8. The Morgan fingerprint density at radius 1 is 1.44 bits per heavy atom. The first-order valence-electron chi connectivity index (χ1n) is 6.65. The van der Waals surface area contributed by atoms with Crippen LogP contribution in [-0.2, 0) is 4.74 Å². The molecule has 1 aromatic carbocycles. The SMILES string of the molecule is CC/C=C\c1c(C(=O)OC)cccc1C1CCC1. The van der Waals surface area contributed by atoms with Crippen LogP contribution in [0.3, 0.4) is 0 Å². The van der Waals surface area contributed by atoms with Crippen LogP contribution in [0.4, 0.5) is 0 Å². The maximum atomic E-state index is 11.8. The standard InChI is InChI=1S/C16H20O2/c1-3-4-9-14-13(12-7-5-8-12)10-6-11-15(14)16(17)18-2/h4,6,9-12H,3,5,7-8H2,1-2H3/b9-4-. The van der Waals surface area contributed by atoms with E-state index in [1.165, 1.54) is 31.9 Å². The summed E-state index contributed by atoms with van der Waals surface area (Å²) >= 11 is 0. The number of rotatable bonds is 4. The molecule has 0 aliphatic heterocycles. The first-order valence-corrected chi connectivity index (χ1v) is 6.65. The van der Waals surface area contributed by atoms with Crippen molar-refractivity contribution >= 4 is 12.0 Å². The smallest absolute Gasteiger partial charge is 0.338 e. The van der Waals surface area contributed by atoms with Crippen molar-refractivity contribution in [2.45, 2.75) is 38.5 Å². The van der Waals surface area contributed by atoms with Gasteiger partial charge in [0.25, 0.3) is 0 Å². The fraction of sp³-hybridized carbons (Fsp3) is 0.438. The summed E-state index contributed by atoms with van der Waals surface area (Å²) in [4.78, 5) is 11.8. The number of hydrogen-bond donors (Lipinski definition) is 0. The minimum atomic E-state index is -0.244. The average Bonchev–Trinajstić information content (AvgIpc) is 2.34. The summed E-state index contributed by atoms with van der Waals surface area (Å²) < 4.78 is 4.87. The summed E-state index contributed by atoms with van der Waals surface area (Å²) in [6, 6.07) is 5.96. The fourth-order valence-electron chi connectivity index (χ4n) is 2.37. The van der Waals surface area contributed by atoms with Crippen LogP contribution in [0.25, 0.3) is 6.08 Å². The van der Waals surface area contributed by atoms with E-state index in [4.69, 9.17) is 4.74 Å². The Bertz CT molecular complexity index is 456. The second-order valence-electron chi connectivity index (χ2n) is 4.74. The number of hydrogen-bond acceptors (Lipinski definition) is 2. The summed E-state index contributed by atoms with van der Waals surface area (Å²) in [5.74, 6) is 0.373. The molecule has 2 heteroatoms. The molecule has 0 bridgehead atoms. The molecule has 1 aliphatic carbocycles. The van der Waals surface area contributed by atoms with E-state index in [9.17, 15) is 4.79 Å². The van der Waals surface area contributed by atoms with Crippen molar-refractivity contribution in [3.05, 3.63) is 41.0 Å². The van der Waals surface area contributed by atoms with Gasteiger partial charge in [-0.15, -0.1) is 0 Å². The van der Waals surface area contributed by atoms with E-state index < -0.39 is 0 Å². The third-order valence-corrected chi connectivity index (χ3v) is 3.61. The number of ether oxygens (including phenoxy) is 1. The molecule has 1 saturated carbocycles. The number of esters is 1. The van der Waals surface area contributed by atoms with E-state index in [1.54, 1.807) is 0 Å². The van der Waals surface area contributed by atoms with Gasteiger partial charge in [0, 0.05) is 0 Å². The van der Waals surface area contributed by atoms with Crippen molar-refractivity contribution < 1.29 is 9.53 Å². The number of carbonyl (C=O) groups excluding carboxylic acids is 1. The maximum Gasteiger partial charge on any atom is 0.338 e. The molecule has 96 valence electrons. The molecule has 18 heavy (non-hydrogen) atoms. The van der Waals surface area contributed by atoms with Gasteiger partial charge in [-0.05, 0) is 42.4 Å². The number of methoxy groups -OCH3 is 1. The van der Waals surface area contributed by atoms with Crippen LogP contribution >= 0.6 is 0 Å². The van der Waals surface area contributed by atoms with Crippen molar-refractivity contribution in [2.75, 3.05) is 7.11 Å². The van der Waals surface area contributed by atoms with Gasteiger partial charge in [0.2, 0.25) is 0 Å². The molecular weight excluding hydrogens is 224 g/mol. The van der Waals surface area contributed by atoms with E-state index in [-0.39, 0.29) is 5.97 Å².